The summed E-state index contributed by atoms with van der Waals surface area (Å²) in [6.07, 6.45) is 1.55. The fraction of sp³-hybridized carbons (Fsp3) is 0.350. The fourth-order valence-electron chi connectivity index (χ4n) is 3.25. The van der Waals surface area contributed by atoms with E-state index >= 15 is 0 Å². The van der Waals surface area contributed by atoms with Gasteiger partial charge in [-0.3, -0.25) is 4.79 Å². The fourth-order valence-corrected chi connectivity index (χ4v) is 4.97. The molecule has 138 valence electrons. The van der Waals surface area contributed by atoms with Gasteiger partial charge < -0.3 is 5.32 Å². The summed E-state index contributed by atoms with van der Waals surface area (Å²) < 4.78 is 27.2. The molecule has 0 saturated carbocycles. The van der Waals surface area contributed by atoms with Crippen LogP contribution in [0.15, 0.2) is 53.4 Å². The number of hydrogen-bond acceptors (Lipinski definition) is 3. The zero-order valence-electron chi connectivity index (χ0n) is 15.1. The number of carbonyl (C=O) groups is 1. The highest BCUT2D eigenvalue weighted by molar-refractivity contribution is 7.89. The number of hydrogen-bond donors (Lipinski definition) is 1. The second-order valence-electron chi connectivity index (χ2n) is 6.73. The van der Waals surface area contributed by atoms with Crippen LogP contribution in [0.2, 0.25) is 0 Å². The van der Waals surface area contributed by atoms with Crippen LogP contribution in [-0.2, 0) is 10.0 Å². The van der Waals surface area contributed by atoms with Crippen LogP contribution in [0.4, 0.5) is 0 Å². The average Bonchev–Trinajstić information content (AvgIpc) is 3.12. The first kappa shape index (κ1) is 18.6. The molecule has 1 amide bonds. The molecule has 2 aromatic carbocycles. The van der Waals surface area contributed by atoms with Crippen LogP contribution >= 0.6 is 0 Å². The third-order valence-electron chi connectivity index (χ3n) is 4.94. The molecule has 0 spiro atoms. The highest BCUT2D eigenvalue weighted by atomic mass is 32.2. The summed E-state index contributed by atoms with van der Waals surface area (Å²) in [5.41, 5.74) is 2.80. The summed E-state index contributed by atoms with van der Waals surface area (Å²) in [5.74, 6) is -0.169. The Morgan fingerprint density at radius 3 is 2.54 bits per heavy atom. The van der Waals surface area contributed by atoms with Gasteiger partial charge >= 0.3 is 0 Å². The molecule has 26 heavy (non-hydrogen) atoms. The van der Waals surface area contributed by atoms with Crippen molar-refractivity contribution >= 4 is 15.9 Å². The number of benzene rings is 2. The third kappa shape index (κ3) is 3.81. The zero-order valence-corrected chi connectivity index (χ0v) is 15.9. The zero-order chi connectivity index (χ0) is 18.7. The molecule has 1 unspecified atom stereocenters. The molecule has 1 heterocycles. The number of sulfonamides is 1. The van der Waals surface area contributed by atoms with Crippen LogP contribution in [-0.4, -0.2) is 37.8 Å². The normalized spacial score (nSPS) is 18.0. The topological polar surface area (TPSA) is 66.5 Å². The standard InChI is InChI=1S/C20H24N2O3S/c1-15-10-11-17(13-16(15)2)20(23)21-14-18-7-6-12-22(18)26(24,25)19-8-4-3-5-9-19/h3-5,8-11,13,18H,6-7,12,14H2,1-2H3,(H,21,23). The molecule has 6 heteroatoms. The summed E-state index contributed by atoms with van der Waals surface area (Å²) in [4.78, 5) is 12.7. The molecule has 1 aliphatic heterocycles. The highest BCUT2D eigenvalue weighted by Crippen LogP contribution is 2.25. The second-order valence-corrected chi connectivity index (χ2v) is 8.62. The summed E-state index contributed by atoms with van der Waals surface area (Å²) in [7, 11) is -3.53. The van der Waals surface area contributed by atoms with Gasteiger partial charge in [-0.05, 0) is 62.1 Å². The molecule has 5 nitrogen and oxygen atoms in total. The van der Waals surface area contributed by atoms with Crippen molar-refractivity contribution in [2.24, 2.45) is 0 Å². The molecule has 3 rings (SSSR count). The summed E-state index contributed by atoms with van der Waals surface area (Å²) in [6.45, 7) is 4.78. The second kappa shape index (κ2) is 7.60. The molecule has 2 aromatic rings. The Morgan fingerprint density at radius 2 is 1.85 bits per heavy atom. The van der Waals surface area contributed by atoms with E-state index in [1.807, 2.05) is 26.0 Å². The molecule has 1 aliphatic rings. The van der Waals surface area contributed by atoms with E-state index in [-0.39, 0.29) is 11.9 Å². The molecular formula is C20H24N2O3S. The Balaban J connectivity index is 1.69. The van der Waals surface area contributed by atoms with Crippen LogP contribution in [0, 0.1) is 13.8 Å². The minimum absolute atomic E-state index is 0.169. The number of aryl methyl sites for hydroxylation is 2. The van der Waals surface area contributed by atoms with E-state index in [1.165, 1.54) is 4.31 Å². The van der Waals surface area contributed by atoms with E-state index < -0.39 is 10.0 Å². The van der Waals surface area contributed by atoms with E-state index in [0.29, 0.717) is 23.5 Å². The predicted octanol–water partition coefficient (Wildman–Crippen LogP) is 2.89. The first-order valence-corrected chi connectivity index (χ1v) is 10.3. The molecular weight excluding hydrogens is 348 g/mol. The number of nitrogens with zero attached hydrogens (tertiary/aromatic N) is 1. The Hall–Kier alpha value is -2.18. The summed E-state index contributed by atoms with van der Waals surface area (Å²) in [6, 6.07) is 13.8. The van der Waals surface area contributed by atoms with Crippen molar-refractivity contribution in [3.8, 4) is 0 Å². The lowest BCUT2D eigenvalue weighted by Crippen LogP contribution is -2.43. The lowest BCUT2D eigenvalue weighted by molar-refractivity contribution is 0.0946. The number of rotatable bonds is 5. The monoisotopic (exact) mass is 372 g/mol. The van der Waals surface area contributed by atoms with Gasteiger partial charge in [-0.15, -0.1) is 0 Å². The molecule has 0 aliphatic carbocycles. The van der Waals surface area contributed by atoms with Gasteiger partial charge in [0.05, 0.1) is 4.90 Å². The van der Waals surface area contributed by atoms with Gasteiger partial charge in [-0.1, -0.05) is 24.3 Å². The van der Waals surface area contributed by atoms with Crippen molar-refractivity contribution in [2.45, 2.75) is 37.6 Å². The lowest BCUT2D eigenvalue weighted by atomic mass is 10.1. The predicted molar refractivity (Wildman–Crippen MR) is 102 cm³/mol. The molecule has 1 N–H and O–H groups in total. The Kier molecular flexibility index (Phi) is 5.44. The minimum atomic E-state index is -3.53. The maximum Gasteiger partial charge on any atom is 0.251 e. The van der Waals surface area contributed by atoms with E-state index in [4.69, 9.17) is 0 Å². The minimum Gasteiger partial charge on any atom is -0.350 e. The van der Waals surface area contributed by atoms with E-state index in [1.54, 1.807) is 36.4 Å². The average molecular weight is 372 g/mol. The van der Waals surface area contributed by atoms with Crippen molar-refractivity contribution in [1.82, 2.24) is 9.62 Å². The van der Waals surface area contributed by atoms with Gasteiger partial charge in [0.15, 0.2) is 0 Å². The molecule has 1 saturated heterocycles. The van der Waals surface area contributed by atoms with Crippen molar-refractivity contribution in [1.29, 1.82) is 0 Å². The quantitative estimate of drug-likeness (QED) is 0.878. The number of nitrogens with one attached hydrogen (secondary N) is 1. The molecule has 1 atom stereocenters. The molecule has 0 aromatic heterocycles. The van der Waals surface area contributed by atoms with Crippen molar-refractivity contribution in [3.63, 3.8) is 0 Å². The van der Waals surface area contributed by atoms with Crippen LogP contribution in [0.5, 0.6) is 0 Å². The maximum atomic E-state index is 12.9. The van der Waals surface area contributed by atoms with E-state index in [9.17, 15) is 13.2 Å². The lowest BCUT2D eigenvalue weighted by Gasteiger charge is -2.24. The van der Waals surface area contributed by atoms with Gasteiger partial charge in [-0.25, -0.2) is 8.42 Å². The largest absolute Gasteiger partial charge is 0.350 e. The smallest absolute Gasteiger partial charge is 0.251 e. The Labute approximate surface area is 155 Å². The first-order chi connectivity index (χ1) is 12.4. The number of amides is 1. The first-order valence-electron chi connectivity index (χ1n) is 8.82. The van der Waals surface area contributed by atoms with Gasteiger partial charge in [0.1, 0.15) is 0 Å². The van der Waals surface area contributed by atoms with Crippen LogP contribution in [0.3, 0.4) is 0 Å². The molecule has 0 radical (unpaired) electrons. The van der Waals surface area contributed by atoms with Crippen LogP contribution < -0.4 is 5.32 Å². The Bertz CT molecular complexity index is 895. The maximum absolute atomic E-state index is 12.9. The van der Waals surface area contributed by atoms with Gasteiger partial charge in [-0.2, -0.15) is 4.31 Å². The van der Waals surface area contributed by atoms with Crippen LogP contribution in [0.1, 0.15) is 34.3 Å². The van der Waals surface area contributed by atoms with Gasteiger partial charge in [0, 0.05) is 24.7 Å². The molecule has 1 fully saturated rings. The molecule has 0 bridgehead atoms. The summed E-state index contributed by atoms with van der Waals surface area (Å²) >= 11 is 0. The van der Waals surface area contributed by atoms with Crippen molar-refractivity contribution < 1.29 is 13.2 Å². The van der Waals surface area contributed by atoms with Crippen molar-refractivity contribution in [3.05, 3.63) is 65.2 Å². The van der Waals surface area contributed by atoms with Gasteiger partial charge in [0.2, 0.25) is 10.0 Å². The third-order valence-corrected chi connectivity index (χ3v) is 6.91. The Morgan fingerprint density at radius 1 is 1.12 bits per heavy atom. The van der Waals surface area contributed by atoms with Crippen molar-refractivity contribution in [2.75, 3.05) is 13.1 Å². The SMILES string of the molecule is Cc1ccc(C(=O)NCC2CCCN2S(=O)(=O)c2ccccc2)cc1C. The van der Waals surface area contributed by atoms with Gasteiger partial charge in [0.25, 0.3) is 5.91 Å². The highest BCUT2D eigenvalue weighted by Gasteiger charge is 2.35. The summed E-state index contributed by atoms with van der Waals surface area (Å²) in [5, 5.41) is 2.90. The van der Waals surface area contributed by atoms with Crippen LogP contribution in [0.25, 0.3) is 0 Å². The number of carbonyl (C=O) groups excluding carboxylic acids is 1. The van der Waals surface area contributed by atoms with E-state index in [0.717, 1.165) is 24.0 Å². The van der Waals surface area contributed by atoms with E-state index in [2.05, 4.69) is 5.32 Å².